The van der Waals surface area contributed by atoms with E-state index < -0.39 is 0 Å². The van der Waals surface area contributed by atoms with Crippen molar-refractivity contribution in [2.75, 3.05) is 13.7 Å². The second-order valence-electron chi connectivity index (χ2n) is 5.59. The number of rotatable bonds is 5. The summed E-state index contributed by atoms with van der Waals surface area (Å²) >= 11 is 1.37. The van der Waals surface area contributed by atoms with Crippen molar-refractivity contribution in [3.05, 3.63) is 15.6 Å². The SMILES string of the molecule is CCOC(=O)c1sc(C(C)NC(=NC)NC2CC2C)nc1C.I. The highest BCUT2D eigenvalue weighted by molar-refractivity contribution is 14.0. The highest BCUT2D eigenvalue weighted by Gasteiger charge is 2.33. The quantitative estimate of drug-likeness (QED) is 0.311. The summed E-state index contributed by atoms with van der Waals surface area (Å²) in [5.41, 5.74) is 0.714. The third kappa shape index (κ3) is 5.30. The lowest BCUT2D eigenvalue weighted by Gasteiger charge is -2.16. The summed E-state index contributed by atoms with van der Waals surface area (Å²) in [5, 5.41) is 7.55. The van der Waals surface area contributed by atoms with Crippen LogP contribution in [0.1, 0.15) is 53.6 Å². The van der Waals surface area contributed by atoms with Crippen molar-refractivity contribution >= 4 is 47.2 Å². The van der Waals surface area contributed by atoms with Crippen molar-refractivity contribution in [3.8, 4) is 0 Å². The highest BCUT2D eigenvalue weighted by atomic mass is 127. The molecule has 2 N–H and O–H groups in total. The van der Waals surface area contributed by atoms with Gasteiger partial charge in [0.15, 0.2) is 5.96 Å². The number of nitrogens with one attached hydrogen (secondary N) is 2. The fourth-order valence-electron chi connectivity index (χ4n) is 2.12. The number of ether oxygens (including phenoxy) is 1. The first-order chi connectivity index (χ1) is 10.5. The van der Waals surface area contributed by atoms with Gasteiger partial charge in [-0.3, -0.25) is 4.99 Å². The fraction of sp³-hybridized carbons (Fsp3) is 0.667. The molecule has 3 atom stereocenters. The smallest absolute Gasteiger partial charge is 0.350 e. The number of aromatic nitrogens is 1. The highest BCUT2D eigenvalue weighted by Crippen LogP contribution is 2.29. The number of aliphatic imine (C=N–C) groups is 1. The molecule has 1 aromatic heterocycles. The Labute approximate surface area is 158 Å². The number of carbonyl (C=O) groups excluding carboxylic acids is 1. The Morgan fingerprint density at radius 3 is 2.74 bits per heavy atom. The van der Waals surface area contributed by atoms with E-state index in [4.69, 9.17) is 4.74 Å². The molecular weight excluding hydrogens is 427 g/mol. The molecule has 0 saturated heterocycles. The van der Waals surface area contributed by atoms with Crippen LogP contribution in [0.25, 0.3) is 0 Å². The zero-order chi connectivity index (χ0) is 16.3. The molecular formula is C15H25IN4O2S. The lowest BCUT2D eigenvalue weighted by molar-refractivity contribution is 0.0531. The average molecular weight is 452 g/mol. The van der Waals surface area contributed by atoms with E-state index in [1.54, 1.807) is 14.0 Å². The minimum absolute atomic E-state index is 0. The third-order valence-corrected chi connectivity index (χ3v) is 4.97. The number of halogens is 1. The van der Waals surface area contributed by atoms with E-state index in [1.165, 1.54) is 17.8 Å². The van der Waals surface area contributed by atoms with Crippen molar-refractivity contribution in [2.45, 2.75) is 46.2 Å². The second kappa shape index (κ2) is 8.81. The summed E-state index contributed by atoms with van der Waals surface area (Å²) in [4.78, 5) is 21.2. The molecule has 0 radical (unpaired) electrons. The van der Waals surface area contributed by atoms with E-state index in [2.05, 4.69) is 27.5 Å². The third-order valence-electron chi connectivity index (χ3n) is 3.65. The molecule has 23 heavy (non-hydrogen) atoms. The van der Waals surface area contributed by atoms with Gasteiger partial charge in [-0.15, -0.1) is 35.3 Å². The first kappa shape index (κ1) is 20.1. The Balaban J connectivity index is 0.00000264. The summed E-state index contributed by atoms with van der Waals surface area (Å²) in [5.74, 6) is 1.17. The van der Waals surface area contributed by atoms with Crippen molar-refractivity contribution in [1.82, 2.24) is 15.6 Å². The van der Waals surface area contributed by atoms with Gasteiger partial charge in [-0.2, -0.15) is 0 Å². The Kier molecular flexibility index (Phi) is 7.72. The molecule has 1 aromatic rings. The summed E-state index contributed by atoms with van der Waals surface area (Å²) in [6, 6.07) is 0.485. The van der Waals surface area contributed by atoms with Gasteiger partial charge in [-0.1, -0.05) is 6.92 Å². The molecule has 0 aromatic carbocycles. The number of guanidine groups is 1. The van der Waals surface area contributed by atoms with E-state index in [9.17, 15) is 4.79 Å². The number of esters is 1. The predicted octanol–water partition coefficient (Wildman–Crippen LogP) is 2.88. The molecule has 1 fully saturated rings. The predicted molar refractivity (Wildman–Crippen MR) is 104 cm³/mol. The molecule has 2 rings (SSSR count). The van der Waals surface area contributed by atoms with Crippen molar-refractivity contribution in [1.29, 1.82) is 0 Å². The fourth-order valence-corrected chi connectivity index (χ4v) is 3.09. The van der Waals surface area contributed by atoms with E-state index in [1.807, 2.05) is 13.8 Å². The summed E-state index contributed by atoms with van der Waals surface area (Å²) < 4.78 is 5.05. The lowest BCUT2D eigenvalue weighted by atomic mass is 10.3. The lowest BCUT2D eigenvalue weighted by Crippen LogP contribution is -2.40. The van der Waals surface area contributed by atoms with Crippen LogP contribution in [0.15, 0.2) is 4.99 Å². The van der Waals surface area contributed by atoms with Crippen LogP contribution in [0.3, 0.4) is 0 Å². The number of nitrogens with zero attached hydrogens (tertiary/aromatic N) is 2. The van der Waals surface area contributed by atoms with Gasteiger partial charge in [0.05, 0.1) is 18.3 Å². The van der Waals surface area contributed by atoms with Gasteiger partial charge < -0.3 is 15.4 Å². The van der Waals surface area contributed by atoms with Gasteiger partial charge in [0.1, 0.15) is 9.88 Å². The maximum Gasteiger partial charge on any atom is 0.350 e. The molecule has 1 heterocycles. The monoisotopic (exact) mass is 452 g/mol. The second-order valence-corrected chi connectivity index (χ2v) is 6.62. The zero-order valence-electron chi connectivity index (χ0n) is 14.2. The van der Waals surface area contributed by atoms with Crippen LogP contribution in [-0.4, -0.2) is 36.6 Å². The summed E-state index contributed by atoms with van der Waals surface area (Å²) in [6.07, 6.45) is 1.18. The van der Waals surface area contributed by atoms with Crippen molar-refractivity contribution in [3.63, 3.8) is 0 Å². The van der Waals surface area contributed by atoms with Crippen LogP contribution in [0.2, 0.25) is 0 Å². The van der Waals surface area contributed by atoms with Crippen LogP contribution < -0.4 is 10.6 Å². The number of hydrogen-bond acceptors (Lipinski definition) is 5. The van der Waals surface area contributed by atoms with Gasteiger partial charge >= 0.3 is 5.97 Å². The zero-order valence-corrected chi connectivity index (χ0v) is 17.3. The summed E-state index contributed by atoms with van der Waals surface area (Å²) in [6.45, 7) is 8.22. The van der Waals surface area contributed by atoms with E-state index in [0.29, 0.717) is 29.1 Å². The molecule has 130 valence electrons. The van der Waals surface area contributed by atoms with Crippen LogP contribution in [0.5, 0.6) is 0 Å². The first-order valence-electron chi connectivity index (χ1n) is 7.60. The Morgan fingerprint density at radius 1 is 1.57 bits per heavy atom. The number of aryl methyl sites for hydroxylation is 1. The van der Waals surface area contributed by atoms with Crippen LogP contribution >= 0.6 is 35.3 Å². The van der Waals surface area contributed by atoms with E-state index in [-0.39, 0.29) is 36.0 Å². The Bertz CT molecular complexity index is 576. The molecule has 0 aliphatic heterocycles. The Morgan fingerprint density at radius 2 is 2.22 bits per heavy atom. The maximum absolute atomic E-state index is 11.9. The van der Waals surface area contributed by atoms with Gasteiger partial charge in [0.2, 0.25) is 0 Å². The summed E-state index contributed by atoms with van der Waals surface area (Å²) in [7, 11) is 1.76. The van der Waals surface area contributed by atoms with Crippen LogP contribution in [0.4, 0.5) is 0 Å². The van der Waals surface area contributed by atoms with Crippen LogP contribution in [-0.2, 0) is 4.74 Å². The molecule has 0 bridgehead atoms. The van der Waals surface area contributed by atoms with Gasteiger partial charge in [0, 0.05) is 13.1 Å². The average Bonchev–Trinajstić information content (AvgIpc) is 3.01. The standard InChI is InChI=1S/C15H24N4O2S.HI/c1-6-21-14(20)12-9(3)17-13(22-12)10(4)18-15(16-5)19-11-7-8(11)2;/h8,10-11H,6-7H2,1-5H3,(H2,16,18,19);1H. The van der Waals surface area contributed by atoms with E-state index in [0.717, 1.165) is 11.0 Å². The van der Waals surface area contributed by atoms with Crippen molar-refractivity contribution < 1.29 is 9.53 Å². The molecule has 1 aliphatic carbocycles. The normalized spacial score (nSPS) is 21.2. The Hall–Kier alpha value is -0.900. The molecule has 0 amide bonds. The molecule has 1 aliphatic rings. The first-order valence-corrected chi connectivity index (χ1v) is 8.42. The van der Waals surface area contributed by atoms with Crippen LogP contribution in [0, 0.1) is 12.8 Å². The van der Waals surface area contributed by atoms with E-state index >= 15 is 0 Å². The van der Waals surface area contributed by atoms with Gasteiger partial charge in [-0.25, -0.2) is 9.78 Å². The molecule has 3 unspecified atom stereocenters. The number of thiazole rings is 1. The van der Waals surface area contributed by atoms with Crippen molar-refractivity contribution in [2.24, 2.45) is 10.9 Å². The maximum atomic E-state index is 11.9. The topological polar surface area (TPSA) is 75.6 Å². The molecule has 0 spiro atoms. The molecule has 8 heteroatoms. The molecule has 6 nitrogen and oxygen atoms in total. The minimum Gasteiger partial charge on any atom is -0.462 e. The van der Waals surface area contributed by atoms with Gasteiger partial charge in [0.25, 0.3) is 0 Å². The number of hydrogen-bond donors (Lipinski definition) is 2. The largest absolute Gasteiger partial charge is 0.462 e. The molecule has 1 saturated carbocycles. The van der Waals surface area contributed by atoms with Gasteiger partial charge in [-0.05, 0) is 33.1 Å². The number of carbonyl (C=O) groups is 1. The minimum atomic E-state index is -0.301.